The molecule has 0 bridgehead atoms. The van der Waals surface area contributed by atoms with Crippen LogP contribution in [0, 0.1) is 28.6 Å². The molecule has 1 saturated heterocycles. The van der Waals surface area contributed by atoms with Gasteiger partial charge in [0.2, 0.25) is 5.91 Å². The van der Waals surface area contributed by atoms with Crippen molar-refractivity contribution in [1.29, 1.82) is 0 Å². The summed E-state index contributed by atoms with van der Waals surface area (Å²) in [5.41, 5.74) is 4.41. The molecule has 0 radical (unpaired) electrons. The Kier molecular flexibility index (Phi) is 7.22. The lowest BCUT2D eigenvalue weighted by Gasteiger charge is -2.59. The Hall–Kier alpha value is -1.91. The van der Waals surface area contributed by atoms with Gasteiger partial charge in [0, 0.05) is 16.7 Å². The van der Waals surface area contributed by atoms with Crippen molar-refractivity contribution >= 4 is 17.5 Å². The van der Waals surface area contributed by atoms with Crippen LogP contribution in [0.15, 0.2) is 23.8 Å². The fraction of sp³-hybridized carbons (Fsp3) is 0.759. The van der Waals surface area contributed by atoms with E-state index in [-0.39, 0.29) is 54.0 Å². The van der Waals surface area contributed by atoms with Gasteiger partial charge >= 0.3 is 0 Å². The van der Waals surface area contributed by atoms with E-state index in [2.05, 4.69) is 26.1 Å². The largest absolute Gasteiger partial charge is 0.393 e. The molecule has 0 aromatic heterocycles. The number of nitrogens with one attached hydrogen (secondary N) is 1. The van der Waals surface area contributed by atoms with E-state index in [0.29, 0.717) is 19.3 Å². The predicted molar refractivity (Wildman–Crippen MR) is 138 cm³/mol. The smallest absolute Gasteiger partial charge is 0.238 e. The molecule has 9 heteroatoms. The van der Waals surface area contributed by atoms with E-state index in [9.17, 15) is 19.5 Å². The zero-order valence-corrected chi connectivity index (χ0v) is 22.9. The van der Waals surface area contributed by atoms with E-state index >= 15 is 0 Å². The number of ketones is 2. The van der Waals surface area contributed by atoms with Gasteiger partial charge in [-0.3, -0.25) is 14.4 Å². The first-order valence-electron chi connectivity index (χ1n) is 14.1. The molecular weight excluding hydrogens is 488 g/mol. The highest BCUT2D eigenvalue weighted by Crippen LogP contribution is 2.69. The Labute approximate surface area is 224 Å². The van der Waals surface area contributed by atoms with Crippen LogP contribution in [0.3, 0.4) is 0 Å². The van der Waals surface area contributed by atoms with Crippen molar-refractivity contribution < 1.29 is 33.7 Å². The van der Waals surface area contributed by atoms with Gasteiger partial charge in [-0.05, 0) is 63.0 Å². The van der Waals surface area contributed by atoms with Crippen LogP contribution < -0.4 is 11.1 Å². The first kappa shape index (κ1) is 27.6. The second-order valence-corrected chi connectivity index (χ2v) is 12.4. The molecule has 38 heavy (non-hydrogen) atoms. The topological polar surface area (TPSA) is 137 Å². The summed E-state index contributed by atoms with van der Waals surface area (Å²) in [4.78, 5) is 37.9. The lowest BCUT2D eigenvalue weighted by molar-refractivity contribution is -0.201. The van der Waals surface area contributed by atoms with Gasteiger partial charge in [0.1, 0.15) is 13.3 Å². The monoisotopic (exact) mass is 530 g/mol. The van der Waals surface area contributed by atoms with E-state index < -0.39 is 35.6 Å². The number of hydrogen-bond donors (Lipinski definition) is 3. The summed E-state index contributed by atoms with van der Waals surface area (Å²) in [5, 5.41) is 14.3. The quantitative estimate of drug-likeness (QED) is 0.321. The van der Waals surface area contributed by atoms with E-state index in [1.165, 1.54) is 0 Å². The zero-order valence-electron chi connectivity index (χ0n) is 22.9. The Morgan fingerprint density at radius 1 is 1.34 bits per heavy atom. The van der Waals surface area contributed by atoms with Crippen molar-refractivity contribution in [1.82, 2.24) is 5.32 Å². The SMILES string of the molecule is CCCC1O[C@@H]2C[C@H]3[C@@H]4CCC5=CC(=O)C=C[C@]5(C)[C@H]4[C@@H](O)CC3(C)[C@]2(C(=O)COCNC(=O)[C@H](C)N)O1. The van der Waals surface area contributed by atoms with Crippen LogP contribution in [-0.2, 0) is 28.6 Å². The molecule has 10 atom stereocenters. The number of rotatable bonds is 8. The molecule has 5 aliphatic rings. The zero-order chi connectivity index (χ0) is 27.5. The van der Waals surface area contributed by atoms with Gasteiger partial charge in [-0.15, -0.1) is 0 Å². The molecule has 0 aromatic rings. The molecule has 1 heterocycles. The highest BCUT2D eigenvalue weighted by Gasteiger charge is 2.75. The number of carbonyl (C=O) groups excluding carboxylic acids is 3. The molecule has 1 aliphatic heterocycles. The van der Waals surface area contributed by atoms with Crippen molar-refractivity contribution in [3.05, 3.63) is 23.8 Å². The Bertz CT molecular complexity index is 1060. The third-order valence-electron chi connectivity index (χ3n) is 10.2. The van der Waals surface area contributed by atoms with Gasteiger partial charge in [-0.1, -0.05) is 38.8 Å². The van der Waals surface area contributed by atoms with Crippen LogP contribution in [0.2, 0.25) is 0 Å². The number of amides is 1. The summed E-state index contributed by atoms with van der Waals surface area (Å²) in [5.74, 6) is -0.350. The minimum Gasteiger partial charge on any atom is -0.393 e. The van der Waals surface area contributed by atoms with Gasteiger partial charge in [0.05, 0.1) is 18.2 Å². The van der Waals surface area contributed by atoms with E-state index in [0.717, 1.165) is 24.8 Å². The molecule has 2 unspecified atom stereocenters. The first-order chi connectivity index (χ1) is 18.0. The summed E-state index contributed by atoms with van der Waals surface area (Å²) in [6.45, 7) is 7.48. The molecular formula is C29H42N2O7. The fourth-order valence-electron chi connectivity index (χ4n) is 8.54. The van der Waals surface area contributed by atoms with Crippen molar-refractivity contribution in [3.8, 4) is 0 Å². The Morgan fingerprint density at radius 3 is 2.82 bits per heavy atom. The number of aliphatic hydroxyl groups excluding tert-OH is 1. The summed E-state index contributed by atoms with van der Waals surface area (Å²) < 4.78 is 18.6. The normalized spacial score (nSPS) is 43.9. The predicted octanol–water partition coefficient (Wildman–Crippen LogP) is 2.16. The first-order valence-corrected chi connectivity index (χ1v) is 14.1. The summed E-state index contributed by atoms with van der Waals surface area (Å²) in [6.07, 6.45) is 8.03. The van der Waals surface area contributed by atoms with Crippen LogP contribution in [0.4, 0.5) is 0 Å². The van der Waals surface area contributed by atoms with Gasteiger partial charge in [0.25, 0.3) is 0 Å². The Morgan fingerprint density at radius 2 is 2.11 bits per heavy atom. The van der Waals surface area contributed by atoms with E-state index in [4.69, 9.17) is 19.9 Å². The number of fused-ring (bicyclic) bond motifs is 7. The third-order valence-corrected chi connectivity index (χ3v) is 10.2. The van der Waals surface area contributed by atoms with Crippen molar-refractivity contribution in [2.45, 2.75) is 96.4 Å². The second kappa shape index (κ2) is 9.93. The average molecular weight is 531 g/mol. The number of allylic oxidation sites excluding steroid dienone is 4. The molecule has 4 N–H and O–H groups in total. The summed E-state index contributed by atoms with van der Waals surface area (Å²) >= 11 is 0. The number of nitrogens with two attached hydrogens (primary N) is 1. The maximum absolute atomic E-state index is 14.0. The van der Waals surface area contributed by atoms with Crippen LogP contribution in [0.25, 0.3) is 0 Å². The van der Waals surface area contributed by atoms with Crippen LogP contribution in [0.5, 0.6) is 0 Å². The van der Waals surface area contributed by atoms with Gasteiger partial charge in [0.15, 0.2) is 23.5 Å². The molecule has 1 amide bonds. The van der Waals surface area contributed by atoms with Crippen molar-refractivity contribution in [2.75, 3.05) is 13.3 Å². The number of carbonyl (C=O) groups is 3. The molecule has 0 spiro atoms. The van der Waals surface area contributed by atoms with E-state index in [1.54, 1.807) is 19.1 Å². The fourth-order valence-corrected chi connectivity index (χ4v) is 8.54. The van der Waals surface area contributed by atoms with Crippen LogP contribution in [0.1, 0.15) is 66.2 Å². The van der Waals surface area contributed by atoms with Crippen molar-refractivity contribution in [2.24, 2.45) is 34.3 Å². The van der Waals surface area contributed by atoms with Crippen LogP contribution in [-0.4, -0.2) is 66.1 Å². The summed E-state index contributed by atoms with van der Waals surface area (Å²) in [6, 6.07) is -0.672. The Balaban J connectivity index is 1.43. The lowest BCUT2D eigenvalue weighted by Crippen LogP contribution is -2.63. The molecule has 3 saturated carbocycles. The number of aliphatic hydroxyl groups is 1. The molecule has 5 rings (SSSR count). The number of Topliss-reactive ketones (excluding diaryl/α,β-unsaturated/α-hetero) is 1. The maximum Gasteiger partial charge on any atom is 0.238 e. The minimum absolute atomic E-state index is 0.00638. The lowest BCUT2D eigenvalue weighted by atomic mass is 9.46. The van der Waals surface area contributed by atoms with Crippen LogP contribution >= 0.6 is 0 Å². The third kappa shape index (κ3) is 4.04. The molecule has 4 fully saturated rings. The standard InChI is InChI=1S/C29H42N2O7/c1-5-6-24-37-23-12-20-19-8-7-17-11-18(32)9-10-27(17,3)25(19)21(33)13-28(20,4)29(23,38-24)22(34)14-36-15-31-26(35)16(2)30/h9-11,16,19-21,23-25,33H,5-8,12-15,30H2,1-4H3,(H,31,35)/t16-,19-,20-,21-,23+,24?,25+,27-,28?,29+/m0/s1. The number of hydrogen-bond acceptors (Lipinski definition) is 8. The molecule has 0 aromatic carbocycles. The van der Waals surface area contributed by atoms with Gasteiger partial charge in [-0.25, -0.2) is 0 Å². The van der Waals surface area contributed by atoms with E-state index in [1.807, 2.05) is 6.08 Å². The molecule has 4 aliphatic carbocycles. The second-order valence-electron chi connectivity index (χ2n) is 12.4. The highest BCUT2D eigenvalue weighted by atomic mass is 16.7. The molecule has 210 valence electrons. The highest BCUT2D eigenvalue weighted by molar-refractivity contribution is 6.01. The molecule has 9 nitrogen and oxygen atoms in total. The summed E-state index contributed by atoms with van der Waals surface area (Å²) in [7, 11) is 0. The number of ether oxygens (including phenoxy) is 3. The minimum atomic E-state index is -1.23. The average Bonchev–Trinajstić information content (AvgIpc) is 3.34. The van der Waals surface area contributed by atoms with Gasteiger partial charge < -0.3 is 30.4 Å². The van der Waals surface area contributed by atoms with Gasteiger partial charge in [-0.2, -0.15) is 0 Å². The maximum atomic E-state index is 14.0. The van der Waals surface area contributed by atoms with Crippen molar-refractivity contribution in [3.63, 3.8) is 0 Å².